The summed E-state index contributed by atoms with van der Waals surface area (Å²) in [5.41, 5.74) is 2.14. The molecule has 0 saturated carbocycles. The molecule has 0 spiro atoms. The fourth-order valence-electron chi connectivity index (χ4n) is 0.509. The number of hydrogen-bond acceptors (Lipinski definition) is 0. The SMILES string of the molecule is C=CC(=C)/C(C)=C\C=C/C. The van der Waals surface area contributed by atoms with Crippen molar-refractivity contribution in [2.45, 2.75) is 13.8 Å². The van der Waals surface area contributed by atoms with Gasteiger partial charge in [-0.3, -0.25) is 0 Å². The van der Waals surface area contributed by atoms with E-state index in [2.05, 4.69) is 13.2 Å². The largest absolute Gasteiger partial charge is 0.0985 e. The Labute approximate surface area is 63.3 Å². The number of hydrogen-bond donors (Lipinski definition) is 0. The highest BCUT2D eigenvalue weighted by atomic mass is 13.9. The third-order valence-corrected chi connectivity index (χ3v) is 1.29. The van der Waals surface area contributed by atoms with E-state index in [1.165, 1.54) is 0 Å². The van der Waals surface area contributed by atoms with E-state index in [9.17, 15) is 0 Å². The van der Waals surface area contributed by atoms with Gasteiger partial charge >= 0.3 is 0 Å². The van der Waals surface area contributed by atoms with Gasteiger partial charge in [0.1, 0.15) is 0 Å². The molecule has 10 heavy (non-hydrogen) atoms. The van der Waals surface area contributed by atoms with Crippen LogP contribution in [0.15, 0.2) is 48.6 Å². The summed E-state index contributed by atoms with van der Waals surface area (Å²) in [6.45, 7) is 11.4. The monoisotopic (exact) mass is 134 g/mol. The van der Waals surface area contributed by atoms with Crippen LogP contribution in [0.1, 0.15) is 13.8 Å². The normalized spacial score (nSPS) is 12.0. The molecule has 0 unspecified atom stereocenters. The topological polar surface area (TPSA) is 0 Å². The lowest BCUT2D eigenvalue weighted by atomic mass is 10.1. The van der Waals surface area contributed by atoms with Gasteiger partial charge in [-0.15, -0.1) is 0 Å². The van der Waals surface area contributed by atoms with Gasteiger partial charge in [0.05, 0.1) is 0 Å². The molecule has 0 aromatic heterocycles. The summed E-state index contributed by atoms with van der Waals surface area (Å²) in [5.74, 6) is 0. The maximum absolute atomic E-state index is 3.81. The Bertz CT molecular complexity index is 180. The number of rotatable bonds is 3. The summed E-state index contributed by atoms with van der Waals surface area (Å²) in [6.07, 6.45) is 7.75. The molecule has 0 radical (unpaired) electrons. The molecule has 0 aliphatic rings. The molecule has 0 rings (SSSR count). The third-order valence-electron chi connectivity index (χ3n) is 1.29. The van der Waals surface area contributed by atoms with Crippen molar-refractivity contribution in [1.29, 1.82) is 0 Å². The van der Waals surface area contributed by atoms with E-state index in [0.717, 1.165) is 11.1 Å². The van der Waals surface area contributed by atoms with Crippen molar-refractivity contribution >= 4 is 0 Å². The minimum atomic E-state index is 0.984. The standard InChI is InChI=1S/C10H14/c1-5-7-8-10(4)9(3)6-2/h5-8H,2-3H2,1,4H3/b7-5-,10-8-. The molecular weight excluding hydrogens is 120 g/mol. The molecule has 0 aromatic rings. The van der Waals surface area contributed by atoms with Gasteiger partial charge < -0.3 is 0 Å². The summed E-state index contributed by atoms with van der Waals surface area (Å²) >= 11 is 0. The second-order valence-electron chi connectivity index (χ2n) is 2.10. The first-order valence-corrected chi connectivity index (χ1v) is 3.33. The Morgan fingerprint density at radius 1 is 1.40 bits per heavy atom. The van der Waals surface area contributed by atoms with Crippen LogP contribution in [0, 0.1) is 0 Å². The van der Waals surface area contributed by atoms with E-state index in [-0.39, 0.29) is 0 Å². The van der Waals surface area contributed by atoms with E-state index < -0.39 is 0 Å². The first-order valence-electron chi connectivity index (χ1n) is 3.33. The molecule has 0 bridgehead atoms. The van der Waals surface area contributed by atoms with Gasteiger partial charge in [0.15, 0.2) is 0 Å². The molecule has 0 aromatic carbocycles. The summed E-state index contributed by atoms with van der Waals surface area (Å²) in [7, 11) is 0. The van der Waals surface area contributed by atoms with Crippen molar-refractivity contribution in [2.24, 2.45) is 0 Å². The van der Waals surface area contributed by atoms with E-state index in [1.54, 1.807) is 6.08 Å². The van der Waals surface area contributed by atoms with Gasteiger partial charge in [0, 0.05) is 0 Å². The van der Waals surface area contributed by atoms with Crippen LogP contribution in [-0.2, 0) is 0 Å². The van der Waals surface area contributed by atoms with Gasteiger partial charge in [0.25, 0.3) is 0 Å². The van der Waals surface area contributed by atoms with E-state index in [4.69, 9.17) is 0 Å². The molecule has 0 amide bonds. The highest BCUT2D eigenvalue weighted by Gasteiger charge is 1.86. The van der Waals surface area contributed by atoms with Crippen LogP contribution in [-0.4, -0.2) is 0 Å². The predicted molar refractivity (Wildman–Crippen MR) is 47.9 cm³/mol. The summed E-state index contributed by atoms with van der Waals surface area (Å²) in [6, 6.07) is 0. The van der Waals surface area contributed by atoms with Gasteiger partial charge in [-0.2, -0.15) is 0 Å². The summed E-state index contributed by atoms with van der Waals surface area (Å²) < 4.78 is 0. The first-order chi connectivity index (χ1) is 4.72. The van der Waals surface area contributed by atoms with Crippen LogP contribution in [0.25, 0.3) is 0 Å². The van der Waals surface area contributed by atoms with Crippen molar-refractivity contribution < 1.29 is 0 Å². The van der Waals surface area contributed by atoms with Gasteiger partial charge in [0.2, 0.25) is 0 Å². The lowest BCUT2D eigenvalue weighted by molar-refractivity contribution is 1.44. The minimum Gasteiger partial charge on any atom is -0.0985 e. The molecule has 0 aliphatic heterocycles. The predicted octanol–water partition coefficient (Wildman–Crippen LogP) is 3.25. The van der Waals surface area contributed by atoms with Crippen LogP contribution in [0.2, 0.25) is 0 Å². The van der Waals surface area contributed by atoms with Crippen molar-refractivity contribution in [3.05, 3.63) is 48.6 Å². The molecule has 54 valence electrons. The van der Waals surface area contributed by atoms with Crippen LogP contribution in [0.4, 0.5) is 0 Å². The Morgan fingerprint density at radius 3 is 2.40 bits per heavy atom. The van der Waals surface area contributed by atoms with Crippen molar-refractivity contribution in [3.63, 3.8) is 0 Å². The van der Waals surface area contributed by atoms with Crippen molar-refractivity contribution in [3.8, 4) is 0 Å². The van der Waals surface area contributed by atoms with Crippen molar-refractivity contribution in [1.82, 2.24) is 0 Å². The fourth-order valence-corrected chi connectivity index (χ4v) is 0.509. The van der Waals surface area contributed by atoms with E-state index in [1.807, 2.05) is 32.1 Å². The molecule has 0 fully saturated rings. The Hall–Kier alpha value is -1.04. The second kappa shape index (κ2) is 4.80. The quantitative estimate of drug-likeness (QED) is 0.520. The van der Waals surface area contributed by atoms with Gasteiger partial charge in [-0.25, -0.2) is 0 Å². The highest BCUT2D eigenvalue weighted by Crippen LogP contribution is 2.06. The summed E-state index contributed by atoms with van der Waals surface area (Å²) in [5, 5.41) is 0. The van der Waals surface area contributed by atoms with Crippen LogP contribution in [0.3, 0.4) is 0 Å². The average Bonchev–Trinajstić information content (AvgIpc) is 1.98. The molecule has 0 saturated heterocycles. The smallest absolute Gasteiger partial charge is 0.0305 e. The fraction of sp³-hybridized carbons (Fsp3) is 0.200. The van der Waals surface area contributed by atoms with Gasteiger partial charge in [-0.05, 0) is 25.0 Å². The molecule has 0 heterocycles. The Balaban J connectivity index is 4.18. The first kappa shape index (κ1) is 8.96. The minimum absolute atomic E-state index is 0.984. The van der Waals surface area contributed by atoms with Crippen molar-refractivity contribution in [2.75, 3.05) is 0 Å². The lowest BCUT2D eigenvalue weighted by Gasteiger charge is -1.95. The maximum atomic E-state index is 3.81. The Kier molecular flexibility index (Phi) is 4.30. The summed E-state index contributed by atoms with van der Waals surface area (Å²) in [4.78, 5) is 0. The molecule has 0 heteroatoms. The number of allylic oxidation sites excluding steroid dienone is 6. The molecule has 0 aliphatic carbocycles. The highest BCUT2D eigenvalue weighted by molar-refractivity contribution is 5.36. The van der Waals surface area contributed by atoms with Crippen LogP contribution in [0.5, 0.6) is 0 Å². The van der Waals surface area contributed by atoms with Crippen LogP contribution < -0.4 is 0 Å². The second-order valence-corrected chi connectivity index (χ2v) is 2.10. The van der Waals surface area contributed by atoms with Gasteiger partial charge in [-0.1, -0.05) is 37.5 Å². The maximum Gasteiger partial charge on any atom is -0.0305 e. The third kappa shape index (κ3) is 3.08. The molecule has 0 atom stereocenters. The van der Waals surface area contributed by atoms with E-state index in [0.29, 0.717) is 0 Å². The Morgan fingerprint density at radius 2 is 2.00 bits per heavy atom. The zero-order valence-corrected chi connectivity index (χ0v) is 6.72. The lowest BCUT2D eigenvalue weighted by Crippen LogP contribution is -1.75. The zero-order chi connectivity index (χ0) is 7.98. The van der Waals surface area contributed by atoms with Crippen LogP contribution >= 0.6 is 0 Å². The van der Waals surface area contributed by atoms with E-state index >= 15 is 0 Å². The zero-order valence-electron chi connectivity index (χ0n) is 6.72. The molecular formula is C10H14. The average molecular weight is 134 g/mol. The molecule has 0 nitrogen and oxygen atoms in total. The molecule has 0 N–H and O–H groups in total.